The summed E-state index contributed by atoms with van der Waals surface area (Å²) in [4.78, 5) is 20.7. The number of amides is 1. The molecule has 0 aliphatic heterocycles. The zero-order chi connectivity index (χ0) is 18.7. The third-order valence-electron chi connectivity index (χ3n) is 3.68. The summed E-state index contributed by atoms with van der Waals surface area (Å²) >= 11 is 6.22. The zero-order valence-corrected chi connectivity index (χ0v) is 14.9. The Bertz CT molecular complexity index is 954. The van der Waals surface area contributed by atoms with Gasteiger partial charge in [-0.2, -0.15) is 0 Å². The first kappa shape index (κ1) is 17.8. The molecule has 1 aromatic heterocycles. The smallest absolute Gasteiger partial charge is 0.274 e. The molecule has 2 N–H and O–H groups in total. The van der Waals surface area contributed by atoms with Gasteiger partial charge in [-0.1, -0.05) is 29.8 Å². The van der Waals surface area contributed by atoms with Crippen molar-refractivity contribution < 1.29 is 9.18 Å². The van der Waals surface area contributed by atoms with E-state index in [9.17, 15) is 9.18 Å². The molecule has 0 radical (unpaired) electrons. The van der Waals surface area contributed by atoms with E-state index in [1.54, 1.807) is 24.3 Å². The predicted octanol–water partition coefficient (Wildman–Crippen LogP) is 4.88. The zero-order valence-electron chi connectivity index (χ0n) is 14.2. The fourth-order valence-electron chi connectivity index (χ4n) is 2.48. The maximum absolute atomic E-state index is 13.7. The van der Waals surface area contributed by atoms with Gasteiger partial charge in [0, 0.05) is 6.20 Å². The third-order valence-corrected chi connectivity index (χ3v) is 3.98. The summed E-state index contributed by atoms with van der Waals surface area (Å²) in [5.41, 5.74) is 2.74. The third kappa shape index (κ3) is 3.97. The number of nitrogens with zero attached hydrogens (tertiary/aromatic N) is 2. The highest BCUT2D eigenvalue weighted by molar-refractivity contribution is 6.34. The maximum atomic E-state index is 13.7. The van der Waals surface area contributed by atoms with Gasteiger partial charge in [0.2, 0.25) is 5.95 Å². The van der Waals surface area contributed by atoms with Gasteiger partial charge in [0.05, 0.1) is 16.4 Å². The average Bonchev–Trinajstić information content (AvgIpc) is 2.60. The van der Waals surface area contributed by atoms with E-state index in [2.05, 4.69) is 20.6 Å². The monoisotopic (exact) mass is 370 g/mol. The van der Waals surface area contributed by atoms with Gasteiger partial charge in [-0.3, -0.25) is 4.79 Å². The number of benzene rings is 2. The number of aryl methyl sites for hydroxylation is 2. The largest absolute Gasteiger partial charge is 0.322 e. The van der Waals surface area contributed by atoms with Crippen LogP contribution in [0.5, 0.6) is 0 Å². The molecule has 0 saturated carbocycles. The summed E-state index contributed by atoms with van der Waals surface area (Å²) < 4.78 is 13.7. The van der Waals surface area contributed by atoms with Crippen molar-refractivity contribution >= 4 is 34.8 Å². The Morgan fingerprint density at radius 3 is 2.65 bits per heavy atom. The number of hydrogen-bond acceptors (Lipinski definition) is 4. The molecule has 26 heavy (non-hydrogen) atoms. The molecule has 1 amide bonds. The van der Waals surface area contributed by atoms with E-state index in [0.29, 0.717) is 10.7 Å². The minimum absolute atomic E-state index is 0.120. The summed E-state index contributed by atoms with van der Waals surface area (Å²) in [7, 11) is 0. The molecule has 1 heterocycles. The van der Waals surface area contributed by atoms with Gasteiger partial charge in [0.1, 0.15) is 11.5 Å². The van der Waals surface area contributed by atoms with Crippen LogP contribution in [0.25, 0.3) is 0 Å². The molecular weight excluding hydrogens is 355 g/mol. The van der Waals surface area contributed by atoms with E-state index in [-0.39, 0.29) is 17.3 Å². The van der Waals surface area contributed by atoms with Crippen molar-refractivity contribution in [2.75, 3.05) is 10.6 Å². The number of nitrogens with one attached hydrogen (secondary N) is 2. The van der Waals surface area contributed by atoms with E-state index in [1.807, 2.05) is 19.9 Å². The minimum Gasteiger partial charge on any atom is -0.322 e. The van der Waals surface area contributed by atoms with E-state index in [1.165, 1.54) is 18.3 Å². The molecule has 2 aromatic carbocycles. The van der Waals surface area contributed by atoms with Gasteiger partial charge < -0.3 is 10.6 Å². The Kier molecular flexibility index (Phi) is 5.14. The van der Waals surface area contributed by atoms with E-state index in [0.717, 1.165) is 11.1 Å². The number of anilines is 3. The highest BCUT2D eigenvalue weighted by Crippen LogP contribution is 2.27. The number of carbonyl (C=O) groups is 1. The van der Waals surface area contributed by atoms with Crippen molar-refractivity contribution in [1.29, 1.82) is 0 Å². The summed E-state index contributed by atoms with van der Waals surface area (Å²) in [6.45, 7) is 3.79. The van der Waals surface area contributed by atoms with E-state index in [4.69, 9.17) is 11.6 Å². The second kappa shape index (κ2) is 7.49. The van der Waals surface area contributed by atoms with Crippen LogP contribution in [-0.4, -0.2) is 15.9 Å². The number of carbonyl (C=O) groups excluding carboxylic acids is 1. The maximum Gasteiger partial charge on any atom is 0.274 e. The van der Waals surface area contributed by atoms with Gasteiger partial charge in [-0.25, -0.2) is 14.4 Å². The number of halogens is 2. The average molecular weight is 371 g/mol. The molecule has 0 saturated heterocycles. The molecule has 5 nitrogen and oxygen atoms in total. The number of hydrogen-bond donors (Lipinski definition) is 2. The predicted molar refractivity (Wildman–Crippen MR) is 101 cm³/mol. The number of rotatable bonds is 4. The molecule has 3 aromatic rings. The van der Waals surface area contributed by atoms with Crippen LogP contribution in [0.1, 0.15) is 21.6 Å². The molecule has 0 spiro atoms. The molecule has 0 fully saturated rings. The number of para-hydroxylation sites is 1. The lowest BCUT2D eigenvalue weighted by Gasteiger charge is -2.12. The molecule has 0 unspecified atom stereocenters. The topological polar surface area (TPSA) is 66.9 Å². The van der Waals surface area contributed by atoms with Crippen molar-refractivity contribution in [1.82, 2.24) is 9.97 Å². The minimum atomic E-state index is -0.437. The van der Waals surface area contributed by atoms with Crippen LogP contribution in [0.4, 0.5) is 21.7 Å². The molecule has 0 atom stereocenters. The van der Waals surface area contributed by atoms with Crippen LogP contribution in [-0.2, 0) is 0 Å². The van der Waals surface area contributed by atoms with Gasteiger partial charge in [0.25, 0.3) is 5.91 Å². The quantitative estimate of drug-likeness (QED) is 0.686. The standard InChI is InChI=1S/C19H16ClFN4O/c1-11-9-12(2)17(13(20)10-11)25-18(26)16-7-8-22-19(24-16)23-15-6-4-3-5-14(15)21/h3-10H,1-2H3,(H,25,26)(H,22,23,24). The second-order valence-corrected chi connectivity index (χ2v) is 6.17. The fourth-order valence-corrected chi connectivity index (χ4v) is 2.85. The van der Waals surface area contributed by atoms with Crippen LogP contribution in [0, 0.1) is 19.7 Å². The molecular formula is C19H16ClFN4O. The Labute approximate surface area is 155 Å². The van der Waals surface area contributed by atoms with E-state index >= 15 is 0 Å². The summed E-state index contributed by atoms with van der Waals surface area (Å²) in [5, 5.41) is 5.97. The Morgan fingerprint density at radius 2 is 1.92 bits per heavy atom. The lowest BCUT2D eigenvalue weighted by Crippen LogP contribution is -2.16. The Morgan fingerprint density at radius 1 is 1.15 bits per heavy atom. The Balaban J connectivity index is 1.82. The first-order valence-corrected chi connectivity index (χ1v) is 8.24. The first-order valence-electron chi connectivity index (χ1n) is 7.87. The molecule has 0 bridgehead atoms. The highest BCUT2D eigenvalue weighted by Gasteiger charge is 2.14. The van der Waals surface area contributed by atoms with Crippen LogP contribution in [0.2, 0.25) is 5.02 Å². The van der Waals surface area contributed by atoms with Crippen LogP contribution < -0.4 is 10.6 Å². The van der Waals surface area contributed by atoms with Crippen LogP contribution >= 0.6 is 11.6 Å². The fraction of sp³-hybridized carbons (Fsp3) is 0.105. The normalized spacial score (nSPS) is 10.5. The Hall–Kier alpha value is -2.99. The first-order chi connectivity index (χ1) is 12.4. The van der Waals surface area contributed by atoms with Gasteiger partial charge in [-0.15, -0.1) is 0 Å². The van der Waals surface area contributed by atoms with Crippen molar-refractivity contribution in [2.45, 2.75) is 13.8 Å². The van der Waals surface area contributed by atoms with Crippen LogP contribution in [0.15, 0.2) is 48.7 Å². The SMILES string of the molecule is Cc1cc(C)c(NC(=O)c2ccnc(Nc3ccccc3F)n2)c(Cl)c1. The van der Waals surface area contributed by atoms with Crippen molar-refractivity contribution in [2.24, 2.45) is 0 Å². The lowest BCUT2D eigenvalue weighted by molar-refractivity contribution is 0.102. The van der Waals surface area contributed by atoms with Crippen molar-refractivity contribution in [3.63, 3.8) is 0 Å². The molecule has 132 valence electrons. The van der Waals surface area contributed by atoms with E-state index < -0.39 is 11.7 Å². The summed E-state index contributed by atoms with van der Waals surface area (Å²) in [5.74, 6) is -0.750. The molecule has 3 rings (SSSR count). The molecule has 0 aliphatic carbocycles. The van der Waals surface area contributed by atoms with Gasteiger partial charge in [0.15, 0.2) is 0 Å². The van der Waals surface area contributed by atoms with Crippen molar-refractivity contribution in [3.05, 3.63) is 76.3 Å². The van der Waals surface area contributed by atoms with Crippen LogP contribution in [0.3, 0.4) is 0 Å². The lowest BCUT2D eigenvalue weighted by atomic mass is 10.1. The summed E-state index contributed by atoms with van der Waals surface area (Å²) in [6.07, 6.45) is 1.43. The number of aromatic nitrogens is 2. The molecule has 0 aliphatic rings. The molecule has 7 heteroatoms. The second-order valence-electron chi connectivity index (χ2n) is 5.76. The highest BCUT2D eigenvalue weighted by atomic mass is 35.5. The van der Waals surface area contributed by atoms with Crippen molar-refractivity contribution in [3.8, 4) is 0 Å². The van der Waals surface area contributed by atoms with Gasteiger partial charge in [-0.05, 0) is 49.2 Å². The van der Waals surface area contributed by atoms with Gasteiger partial charge >= 0.3 is 0 Å². The summed E-state index contributed by atoms with van der Waals surface area (Å²) in [6, 6.07) is 11.3.